The summed E-state index contributed by atoms with van der Waals surface area (Å²) in [5, 5.41) is 5.63. The molecule has 0 aromatic heterocycles. The Labute approximate surface area is 275 Å². The fraction of sp³-hybridized carbons (Fsp3) is 0.0541. The molecule has 1 heterocycles. The van der Waals surface area contributed by atoms with Gasteiger partial charge in [0.15, 0.2) is 0 Å². The predicted molar refractivity (Wildman–Crippen MR) is 185 cm³/mol. The molecule has 1 aliphatic heterocycles. The average Bonchev–Trinajstić information content (AvgIpc) is 3.10. The molecule has 1 aliphatic rings. The summed E-state index contributed by atoms with van der Waals surface area (Å²) in [4.78, 5) is 44.7. The fourth-order valence-corrected chi connectivity index (χ4v) is 6.63. The first kappa shape index (κ1) is 30.8. The van der Waals surface area contributed by atoms with E-state index in [1.54, 1.807) is 90.5 Å². The number of thioether (sulfide) groups is 1. The molecule has 2 N–H and O–H groups in total. The van der Waals surface area contributed by atoms with E-state index >= 15 is 0 Å². The van der Waals surface area contributed by atoms with Crippen molar-refractivity contribution < 1.29 is 19.1 Å². The van der Waals surface area contributed by atoms with Gasteiger partial charge < -0.3 is 15.4 Å². The van der Waals surface area contributed by atoms with Crippen molar-refractivity contribution in [2.75, 3.05) is 23.1 Å². The van der Waals surface area contributed by atoms with Crippen molar-refractivity contribution in [1.29, 1.82) is 0 Å². The first-order valence-corrected chi connectivity index (χ1v) is 16.2. The van der Waals surface area contributed by atoms with Crippen LogP contribution in [0.1, 0.15) is 15.9 Å². The molecule has 0 atom stereocenters. The van der Waals surface area contributed by atoms with Crippen molar-refractivity contribution in [3.05, 3.63) is 144 Å². The molecule has 0 saturated heterocycles. The van der Waals surface area contributed by atoms with Gasteiger partial charge in [-0.3, -0.25) is 19.3 Å². The molecule has 0 fully saturated rings. The van der Waals surface area contributed by atoms with Crippen LogP contribution in [0.25, 0.3) is 6.08 Å². The molecule has 0 bridgehead atoms. The molecule has 0 radical (unpaired) electrons. The molecule has 3 amide bonds. The number of rotatable bonds is 9. The van der Waals surface area contributed by atoms with Crippen molar-refractivity contribution in [2.24, 2.45) is 0 Å². The maximum absolute atomic E-state index is 13.6. The standard InChI is InChI=1S/C37H29N3O4S2/c1-44-28-19-15-25(16-20-28)23-30(39-36(42)26-9-3-2-4-10-26)37(43)38-27-17-21-29(22-18-27)45-24-35(41)40-31-11-5-7-13-33(31)46-34-14-8-6-12-32(34)40/h2-23H,24H2,1H3,(H,38,43)(H,39,42). The van der Waals surface area contributed by atoms with E-state index in [-0.39, 0.29) is 17.4 Å². The Morgan fingerprint density at radius 3 is 2.00 bits per heavy atom. The Bertz CT molecular complexity index is 1860. The van der Waals surface area contributed by atoms with Crippen molar-refractivity contribution in [3.8, 4) is 5.75 Å². The van der Waals surface area contributed by atoms with Gasteiger partial charge in [0.25, 0.3) is 11.8 Å². The van der Waals surface area contributed by atoms with E-state index in [1.165, 1.54) is 11.8 Å². The van der Waals surface area contributed by atoms with E-state index in [1.807, 2.05) is 66.7 Å². The van der Waals surface area contributed by atoms with Crippen LogP contribution < -0.4 is 20.3 Å². The maximum Gasteiger partial charge on any atom is 0.272 e. The molecule has 7 nitrogen and oxygen atoms in total. The van der Waals surface area contributed by atoms with Gasteiger partial charge in [0, 0.05) is 25.9 Å². The third-order valence-corrected chi connectivity index (χ3v) is 9.24. The largest absolute Gasteiger partial charge is 0.497 e. The number of carbonyl (C=O) groups excluding carboxylic acids is 3. The lowest BCUT2D eigenvalue weighted by atomic mass is 10.1. The lowest BCUT2D eigenvalue weighted by Gasteiger charge is -2.31. The lowest BCUT2D eigenvalue weighted by Crippen LogP contribution is -2.30. The van der Waals surface area contributed by atoms with Gasteiger partial charge in [-0.15, -0.1) is 11.8 Å². The molecule has 0 unspecified atom stereocenters. The Morgan fingerprint density at radius 2 is 1.37 bits per heavy atom. The highest BCUT2D eigenvalue weighted by Crippen LogP contribution is 2.48. The molecule has 5 aromatic rings. The number of amides is 3. The van der Waals surface area contributed by atoms with Crippen LogP contribution in [-0.2, 0) is 9.59 Å². The van der Waals surface area contributed by atoms with Gasteiger partial charge in [0.05, 0.1) is 24.2 Å². The second-order valence-electron chi connectivity index (χ2n) is 10.2. The molecular weight excluding hydrogens is 615 g/mol. The molecule has 0 saturated carbocycles. The first-order chi connectivity index (χ1) is 22.5. The van der Waals surface area contributed by atoms with Crippen molar-refractivity contribution in [2.45, 2.75) is 14.7 Å². The Kier molecular flexibility index (Phi) is 9.52. The van der Waals surface area contributed by atoms with Gasteiger partial charge in [0.2, 0.25) is 5.91 Å². The predicted octanol–water partition coefficient (Wildman–Crippen LogP) is 8.03. The molecule has 0 spiro atoms. The van der Waals surface area contributed by atoms with Crippen LogP contribution >= 0.6 is 23.5 Å². The van der Waals surface area contributed by atoms with Crippen LogP contribution in [0.15, 0.2) is 148 Å². The van der Waals surface area contributed by atoms with E-state index in [0.717, 1.165) is 26.1 Å². The number of fused-ring (bicyclic) bond motifs is 2. The van der Waals surface area contributed by atoms with Crippen molar-refractivity contribution in [1.82, 2.24) is 5.32 Å². The van der Waals surface area contributed by atoms with E-state index in [2.05, 4.69) is 10.6 Å². The maximum atomic E-state index is 13.6. The molecule has 0 aliphatic carbocycles. The van der Waals surface area contributed by atoms with Gasteiger partial charge in [-0.25, -0.2) is 0 Å². The molecule has 5 aromatic carbocycles. The highest BCUT2D eigenvalue weighted by atomic mass is 32.2. The quantitative estimate of drug-likeness (QED) is 0.125. The summed E-state index contributed by atoms with van der Waals surface area (Å²) in [7, 11) is 1.58. The van der Waals surface area contributed by atoms with Crippen LogP contribution in [-0.4, -0.2) is 30.6 Å². The number of carbonyl (C=O) groups is 3. The zero-order chi connectivity index (χ0) is 31.9. The monoisotopic (exact) mass is 643 g/mol. The summed E-state index contributed by atoms with van der Waals surface area (Å²) < 4.78 is 5.23. The summed E-state index contributed by atoms with van der Waals surface area (Å²) in [5.41, 5.74) is 3.55. The number of methoxy groups -OCH3 is 1. The summed E-state index contributed by atoms with van der Waals surface area (Å²) in [6.45, 7) is 0. The zero-order valence-corrected chi connectivity index (χ0v) is 26.4. The summed E-state index contributed by atoms with van der Waals surface area (Å²) in [6.07, 6.45) is 1.61. The highest BCUT2D eigenvalue weighted by Gasteiger charge is 2.27. The van der Waals surface area contributed by atoms with Gasteiger partial charge in [-0.05, 0) is 84.4 Å². The van der Waals surface area contributed by atoms with Crippen LogP contribution in [0.2, 0.25) is 0 Å². The van der Waals surface area contributed by atoms with Gasteiger partial charge in [-0.1, -0.05) is 66.4 Å². The first-order valence-electron chi connectivity index (χ1n) is 14.4. The molecular formula is C37H29N3O4S2. The summed E-state index contributed by atoms with van der Waals surface area (Å²) >= 11 is 3.09. The Balaban J connectivity index is 1.14. The van der Waals surface area contributed by atoms with Crippen LogP contribution in [0.5, 0.6) is 5.75 Å². The number of hydrogen-bond acceptors (Lipinski definition) is 6. The molecule has 9 heteroatoms. The average molecular weight is 644 g/mol. The third kappa shape index (κ3) is 7.17. The molecule has 228 valence electrons. The highest BCUT2D eigenvalue weighted by molar-refractivity contribution is 8.00. The fourth-order valence-electron chi connectivity index (χ4n) is 4.83. The number of benzene rings is 5. The van der Waals surface area contributed by atoms with E-state index in [9.17, 15) is 14.4 Å². The topological polar surface area (TPSA) is 87.7 Å². The van der Waals surface area contributed by atoms with Crippen LogP contribution in [0.3, 0.4) is 0 Å². The minimum Gasteiger partial charge on any atom is -0.497 e. The minimum absolute atomic E-state index is 0.0231. The second kappa shape index (κ2) is 14.2. The van der Waals surface area contributed by atoms with Gasteiger partial charge in [-0.2, -0.15) is 0 Å². The van der Waals surface area contributed by atoms with Crippen LogP contribution in [0.4, 0.5) is 17.1 Å². The van der Waals surface area contributed by atoms with E-state index in [4.69, 9.17) is 4.74 Å². The number of nitrogens with zero attached hydrogens (tertiary/aromatic N) is 1. The summed E-state index contributed by atoms with van der Waals surface area (Å²) in [5.74, 6) is 0.0189. The number of ether oxygens (including phenoxy) is 1. The Hall–Kier alpha value is -5.25. The smallest absolute Gasteiger partial charge is 0.272 e. The second-order valence-corrected chi connectivity index (χ2v) is 12.3. The van der Waals surface area contributed by atoms with Crippen molar-refractivity contribution >= 4 is 64.4 Å². The number of hydrogen-bond donors (Lipinski definition) is 2. The minimum atomic E-state index is -0.476. The number of para-hydroxylation sites is 2. The Morgan fingerprint density at radius 1 is 0.761 bits per heavy atom. The third-order valence-electron chi connectivity index (χ3n) is 7.11. The van der Waals surface area contributed by atoms with Gasteiger partial charge >= 0.3 is 0 Å². The van der Waals surface area contributed by atoms with Crippen LogP contribution in [0, 0.1) is 0 Å². The van der Waals surface area contributed by atoms with Crippen molar-refractivity contribution in [3.63, 3.8) is 0 Å². The number of nitrogens with one attached hydrogen (secondary N) is 2. The van der Waals surface area contributed by atoms with E-state index in [0.29, 0.717) is 22.6 Å². The molecule has 6 rings (SSSR count). The lowest BCUT2D eigenvalue weighted by molar-refractivity contribution is -0.115. The SMILES string of the molecule is COc1ccc(C=C(NC(=O)c2ccccc2)C(=O)Nc2ccc(SCC(=O)N3c4ccccc4Sc4ccccc43)cc2)cc1. The zero-order valence-electron chi connectivity index (χ0n) is 24.8. The summed E-state index contributed by atoms with van der Waals surface area (Å²) in [6, 6.07) is 39.0. The normalized spacial score (nSPS) is 12.0. The van der Waals surface area contributed by atoms with Gasteiger partial charge in [0.1, 0.15) is 11.4 Å². The number of anilines is 3. The molecule has 46 heavy (non-hydrogen) atoms. The van der Waals surface area contributed by atoms with E-state index < -0.39 is 11.8 Å².